The van der Waals surface area contributed by atoms with Gasteiger partial charge in [0.25, 0.3) is 0 Å². The second-order valence-corrected chi connectivity index (χ2v) is 8.08. The van der Waals surface area contributed by atoms with Gasteiger partial charge in [-0.05, 0) is 73.7 Å². The molecule has 2 aromatic rings. The predicted octanol–water partition coefficient (Wildman–Crippen LogP) is 4.74. The summed E-state index contributed by atoms with van der Waals surface area (Å²) >= 11 is 5.89. The number of carbonyl (C=O) groups is 1. The van der Waals surface area contributed by atoms with Crippen molar-refractivity contribution in [3.05, 3.63) is 59.1 Å². The minimum atomic E-state index is 0.0403. The Balaban J connectivity index is 1.33. The Hall–Kier alpha value is -2.04. The van der Waals surface area contributed by atoms with Gasteiger partial charge in [-0.2, -0.15) is 0 Å². The number of nitrogens with zero attached hydrogens (tertiary/aromatic N) is 1. The van der Waals surface area contributed by atoms with E-state index in [9.17, 15) is 4.79 Å². The number of nitrogens with one attached hydrogen (secondary N) is 2. The fourth-order valence-electron chi connectivity index (χ4n) is 3.46. The van der Waals surface area contributed by atoms with Crippen LogP contribution in [0.3, 0.4) is 0 Å². The first-order valence-corrected chi connectivity index (χ1v) is 10.6. The fraction of sp³-hybridized carbons (Fsp3) is 0.435. The summed E-state index contributed by atoms with van der Waals surface area (Å²) in [5.41, 5.74) is 3.35. The maximum Gasteiger partial charge on any atom is 0.225 e. The maximum absolute atomic E-state index is 12.1. The number of rotatable bonds is 8. The van der Waals surface area contributed by atoms with Crippen LogP contribution in [0.1, 0.15) is 31.7 Å². The summed E-state index contributed by atoms with van der Waals surface area (Å²) in [6.07, 6.45) is 3.90. The van der Waals surface area contributed by atoms with E-state index in [1.54, 1.807) is 0 Å². The quantitative estimate of drug-likeness (QED) is 0.630. The van der Waals surface area contributed by atoms with E-state index in [1.165, 1.54) is 24.1 Å². The molecule has 5 heteroatoms. The predicted molar refractivity (Wildman–Crippen MR) is 118 cm³/mol. The van der Waals surface area contributed by atoms with Gasteiger partial charge in [0.2, 0.25) is 5.91 Å². The molecule has 0 aliphatic carbocycles. The van der Waals surface area contributed by atoms with Gasteiger partial charge in [-0.15, -0.1) is 0 Å². The SMILES string of the molecule is CC1CCN(c2ccc(NC(=O)CCNCCc3ccc(Cl)cc3)cc2)CC1. The number of hydrogen-bond acceptors (Lipinski definition) is 3. The Morgan fingerprint density at radius 3 is 2.39 bits per heavy atom. The molecule has 1 saturated heterocycles. The summed E-state index contributed by atoms with van der Waals surface area (Å²) in [7, 11) is 0. The number of piperidine rings is 1. The molecule has 0 radical (unpaired) electrons. The molecule has 0 spiro atoms. The molecule has 0 unspecified atom stereocenters. The van der Waals surface area contributed by atoms with Crippen LogP contribution in [0, 0.1) is 5.92 Å². The summed E-state index contributed by atoms with van der Waals surface area (Å²) in [6.45, 7) is 6.08. The Bertz CT molecular complexity index is 737. The maximum atomic E-state index is 12.1. The molecule has 28 heavy (non-hydrogen) atoms. The third-order valence-corrected chi connectivity index (χ3v) is 5.58. The van der Waals surface area contributed by atoms with Crippen molar-refractivity contribution >= 4 is 28.9 Å². The minimum absolute atomic E-state index is 0.0403. The average molecular weight is 400 g/mol. The number of halogens is 1. The van der Waals surface area contributed by atoms with Crippen molar-refractivity contribution in [2.45, 2.75) is 32.6 Å². The molecule has 0 atom stereocenters. The summed E-state index contributed by atoms with van der Waals surface area (Å²) in [5, 5.41) is 7.06. The standard InChI is InChI=1S/C23H30ClN3O/c1-18-12-16-27(17-13-18)22-8-6-21(7-9-22)26-23(28)11-15-25-14-10-19-2-4-20(24)5-3-19/h2-9,18,25H,10-17H2,1H3,(H,26,28). The van der Waals surface area contributed by atoms with Gasteiger partial charge in [-0.1, -0.05) is 30.7 Å². The first-order chi connectivity index (χ1) is 13.6. The zero-order valence-corrected chi connectivity index (χ0v) is 17.3. The van der Waals surface area contributed by atoms with Crippen LogP contribution in [0.2, 0.25) is 5.02 Å². The molecule has 1 aliphatic rings. The lowest BCUT2D eigenvalue weighted by Crippen LogP contribution is -2.32. The third kappa shape index (κ3) is 6.54. The normalized spacial score (nSPS) is 14.9. The van der Waals surface area contributed by atoms with Gasteiger partial charge in [0.1, 0.15) is 0 Å². The highest BCUT2D eigenvalue weighted by molar-refractivity contribution is 6.30. The fourth-order valence-corrected chi connectivity index (χ4v) is 3.58. The van der Waals surface area contributed by atoms with Gasteiger partial charge >= 0.3 is 0 Å². The van der Waals surface area contributed by atoms with E-state index in [0.717, 1.165) is 42.7 Å². The van der Waals surface area contributed by atoms with Crippen molar-refractivity contribution in [2.75, 3.05) is 36.4 Å². The third-order valence-electron chi connectivity index (χ3n) is 5.33. The Labute approximate surface area is 173 Å². The molecule has 0 aromatic heterocycles. The molecule has 1 fully saturated rings. The van der Waals surface area contributed by atoms with Crippen molar-refractivity contribution in [1.82, 2.24) is 5.32 Å². The van der Waals surface area contributed by atoms with Gasteiger partial charge < -0.3 is 15.5 Å². The molecule has 1 aliphatic heterocycles. The summed E-state index contributed by atoms with van der Waals surface area (Å²) in [5.74, 6) is 0.869. The van der Waals surface area contributed by atoms with Crippen molar-refractivity contribution in [3.8, 4) is 0 Å². The van der Waals surface area contributed by atoms with Gasteiger partial charge in [0.15, 0.2) is 0 Å². The van der Waals surface area contributed by atoms with Crippen LogP contribution < -0.4 is 15.5 Å². The number of carbonyl (C=O) groups excluding carboxylic acids is 1. The average Bonchev–Trinajstić information content (AvgIpc) is 2.70. The van der Waals surface area contributed by atoms with Gasteiger partial charge in [-0.3, -0.25) is 4.79 Å². The monoisotopic (exact) mass is 399 g/mol. The van der Waals surface area contributed by atoms with E-state index in [2.05, 4.69) is 34.6 Å². The lowest BCUT2D eigenvalue weighted by atomic mass is 9.99. The van der Waals surface area contributed by atoms with Crippen LogP contribution in [0.15, 0.2) is 48.5 Å². The van der Waals surface area contributed by atoms with Crippen LogP contribution >= 0.6 is 11.6 Å². The van der Waals surface area contributed by atoms with Crippen LogP contribution in [-0.4, -0.2) is 32.1 Å². The number of benzene rings is 2. The van der Waals surface area contributed by atoms with Crippen molar-refractivity contribution < 1.29 is 4.79 Å². The molecule has 3 rings (SSSR count). The van der Waals surface area contributed by atoms with Crippen molar-refractivity contribution in [3.63, 3.8) is 0 Å². The molecule has 2 aromatic carbocycles. The Morgan fingerprint density at radius 2 is 1.71 bits per heavy atom. The smallest absolute Gasteiger partial charge is 0.225 e. The highest BCUT2D eigenvalue weighted by Crippen LogP contribution is 2.24. The topological polar surface area (TPSA) is 44.4 Å². The first kappa shape index (κ1) is 20.7. The first-order valence-electron chi connectivity index (χ1n) is 10.2. The largest absolute Gasteiger partial charge is 0.372 e. The molecule has 2 N–H and O–H groups in total. The number of amides is 1. The van der Waals surface area contributed by atoms with Crippen molar-refractivity contribution in [1.29, 1.82) is 0 Å². The molecular weight excluding hydrogens is 370 g/mol. The molecule has 0 bridgehead atoms. The second-order valence-electron chi connectivity index (χ2n) is 7.64. The minimum Gasteiger partial charge on any atom is -0.372 e. The highest BCUT2D eigenvalue weighted by atomic mass is 35.5. The van der Waals surface area contributed by atoms with Gasteiger partial charge in [0, 0.05) is 42.5 Å². The van der Waals surface area contributed by atoms with Crippen LogP contribution in [0.4, 0.5) is 11.4 Å². The molecule has 1 amide bonds. The van der Waals surface area contributed by atoms with Gasteiger partial charge in [0.05, 0.1) is 0 Å². The van der Waals surface area contributed by atoms with Crippen LogP contribution in [0.5, 0.6) is 0 Å². The zero-order chi connectivity index (χ0) is 19.8. The van der Waals surface area contributed by atoms with E-state index in [1.807, 2.05) is 36.4 Å². The van der Waals surface area contributed by atoms with Crippen LogP contribution in [0.25, 0.3) is 0 Å². The lowest BCUT2D eigenvalue weighted by molar-refractivity contribution is -0.116. The number of hydrogen-bond donors (Lipinski definition) is 2. The lowest BCUT2D eigenvalue weighted by Gasteiger charge is -2.32. The second kappa shape index (κ2) is 10.5. The number of anilines is 2. The summed E-state index contributed by atoms with van der Waals surface area (Å²) < 4.78 is 0. The molecule has 1 heterocycles. The highest BCUT2D eigenvalue weighted by Gasteiger charge is 2.15. The Morgan fingerprint density at radius 1 is 1.04 bits per heavy atom. The van der Waals surface area contributed by atoms with Crippen LogP contribution in [-0.2, 0) is 11.2 Å². The van der Waals surface area contributed by atoms with E-state index in [4.69, 9.17) is 11.6 Å². The van der Waals surface area contributed by atoms with E-state index < -0.39 is 0 Å². The van der Waals surface area contributed by atoms with E-state index >= 15 is 0 Å². The summed E-state index contributed by atoms with van der Waals surface area (Å²) in [6, 6.07) is 16.1. The molecule has 0 saturated carbocycles. The van der Waals surface area contributed by atoms with Crippen molar-refractivity contribution in [2.24, 2.45) is 5.92 Å². The molecule has 150 valence electrons. The Kier molecular flexibility index (Phi) is 7.75. The zero-order valence-electron chi connectivity index (χ0n) is 16.6. The molecule has 4 nitrogen and oxygen atoms in total. The van der Waals surface area contributed by atoms with Gasteiger partial charge in [-0.25, -0.2) is 0 Å². The summed E-state index contributed by atoms with van der Waals surface area (Å²) in [4.78, 5) is 14.6. The van der Waals surface area contributed by atoms with E-state index in [0.29, 0.717) is 13.0 Å². The molecular formula is C23H30ClN3O. The van der Waals surface area contributed by atoms with E-state index in [-0.39, 0.29) is 5.91 Å².